The van der Waals surface area contributed by atoms with E-state index in [0.29, 0.717) is 11.4 Å². The molecule has 0 aliphatic rings. The second-order valence-electron chi connectivity index (χ2n) is 2.50. The van der Waals surface area contributed by atoms with Crippen molar-refractivity contribution in [2.75, 3.05) is 11.5 Å². The molecule has 0 saturated heterocycles. The smallest absolute Gasteiger partial charge is 0.225 e. The summed E-state index contributed by atoms with van der Waals surface area (Å²) >= 11 is 0. The first-order valence-electron chi connectivity index (χ1n) is 3.78. The molecule has 14 heavy (non-hydrogen) atoms. The number of anilines is 2. The molecule has 0 spiro atoms. The van der Waals surface area contributed by atoms with Crippen molar-refractivity contribution in [2.45, 2.75) is 0 Å². The number of nitrogens with two attached hydrogens (primary N) is 2. The normalized spacial score (nSPS) is 10.0. The SMILES string of the molecule is Nc1nc(N)nc(-c2cncnc2)n1. The lowest BCUT2D eigenvalue weighted by atomic mass is 10.3. The third-order valence-corrected chi connectivity index (χ3v) is 1.49. The van der Waals surface area contributed by atoms with Crippen molar-refractivity contribution < 1.29 is 0 Å². The van der Waals surface area contributed by atoms with E-state index in [0.717, 1.165) is 0 Å². The van der Waals surface area contributed by atoms with Gasteiger partial charge in [-0.05, 0) is 0 Å². The summed E-state index contributed by atoms with van der Waals surface area (Å²) in [6.45, 7) is 0. The molecule has 2 aromatic rings. The van der Waals surface area contributed by atoms with Crippen molar-refractivity contribution in [3.05, 3.63) is 18.7 Å². The molecule has 0 amide bonds. The highest BCUT2D eigenvalue weighted by Gasteiger charge is 2.04. The first-order valence-corrected chi connectivity index (χ1v) is 3.78. The van der Waals surface area contributed by atoms with Crippen LogP contribution in [-0.2, 0) is 0 Å². The quantitative estimate of drug-likeness (QED) is 0.620. The molecule has 0 unspecified atom stereocenters. The lowest BCUT2D eigenvalue weighted by molar-refractivity contribution is 1.07. The summed E-state index contributed by atoms with van der Waals surface area (Å²) in [6, 6.07) is 0. The number of rotatable bonds is 1. The molecule has 0 aliphatic carbocycles. The lowest BCUT2D eigenvalue weighted by Gasteiger charge is -2.00. The van der Waals surface area contributed by atoms with Crippen molar-refractivity contribution >= 4 is 11.9 Å². The Morgan fingerprint density at radius 1 is 0.857 bits per heavy atom. The maximum Gasteiger partial charge on any atom is 0.225 e. The standard InChI is InChI=1S/C7H7N7/c8-6-12-5(13-7(9)14-6)4-1-10-3-11-2-4/h1-3H,(H4,8,9,12,13,14). The molecular weight excluding hydrogens is 182 g/mol. The molecule has 7 heteroatoms. The zero-order valence-corrected chi connectivity index (χ0v) is 7.12. The van der Waals surface area contributed by atoms with Gasteiger partial charge in [0.15, 0.2) is 5.82 Å². The van der Waals surface area contributed by atoms with E-state index >= 15 is 0 Å². The molecule has 0 fully saturated rings. The van der Waals surface area contributed by atoms with Gasteiger partial charge in [0, 0.05) is 12.4 Å². The fourth-order valence-electron chi connectivity index (χ4n) is 0.953. The van der Waals surface area contributed by atoms with Crippen LogP contribution in [0.5, 0.6) is 0 Å². The first-order chi connectivity index (χ1) is 6.75. The summed E-state index contributed by atoms with van der Waals surface area (Å²) in [6.07, 6.45) is 4.56. The van der Waals surface area contributed by atoms with Gasteiger partial charge in [0.2, 0.25) is 11.9 Å². The Morgan fingerprint density at radius 3 is 2.00 bits per heavy atom. The fourth-order valence-corrected chi connectivity index (χ4v) is 0.953. The summed E-state index contributed by atoms with van der Waals surface area (Å²) in [4.78, 5) is 19.1. The van der Waals surface area contributed by atoms with Crippen LogP contribution in [0, 0.1) is 0 Å². The first kappa shape index (κ1) is 8.30. The van der Waals surface area contributed by atoms with Gasteiger partial charge >= 0.3 is 0 Å². The second-order valence-corrected chi connectivity index (χ2v) is 2.50. The van der Waals surface area contributed by atoms with Crippen molar-refractivity contribution in [1.29, 1.82) is 0 Å². The molecular formula is C7H7N7. The Morgan fingerprint density at radius 2 is 1.43 bits per heavy atom. The summed E-state index contributed by atoms with van der Waals surface area (Å²) < 4.78 is 0. The van der Waals surface area contributed by atoms with E-state index in [2.05, 4.69) is 24.9 Å². The van der Waals surface area contributed by atoms with Gasteiger partial charge in [0.25, 0.3) is 0 Å². The third kappa shape index (κ3) is 1.56. The van der Waals surface area contributed by atoms with Crippen molar-refractivity contribution in [1.82, 2.24) is 24.9 Å². The van der Waals surface area contributed by atoms with Crippen LogP contribution in [0.3, 0.4) is 0 Å². The lowest BCUT2D eigenvalue weighted by Crippen LogP contribution is -2.04. The number of nitrogen functional groups attached to an aromatic ring is 2. The van der Waals surface area contributed by atoms with Crippen LogP contribution in [0.1, 0.15) is 0 Å². The van der Waals surface area contributed by atoms with E-state index in [4.69, 9.17) is 11.5 Å². The highest BCUT2D eigenvalue weighted by Crippen LogP contribution is 2.12. The molecule has 0 saturated carbocycles. The van der Waals surface area contributed by atoms with Crippen LogP contribution >= 0.6 is 0 Å². The average molecular weight is 189 g/mol. The van der Waals surface area contributed by atoms with E-state index < -0.39 is 0 Å². The Kier molecular flexibility index (Phi) is 1.90. The van der Waals surface area contributed by atoms with Crippen LogP contribution in [0.15, 0.2) is 18.7 Å². The third-order valence-electron chi connectivity index (χ3n) is 1.49. The van der Waals surface area contributed by atoms with Crippen LogP contribution in [0.4, 0.5) is 11.9 Å². The van der Waals surface area contributed by atoms with Crippen LogP contribution in [0.2, 0.25) is 0 Å². The van der Waals surface area contributed by atoms with Gasteiger partial charge in [0.1, 0.15) is 6.33 Å². The summed E-state index contributed by atoms with van der Waals surface area (Å²) in [5.41, 5.74) is 11.5. The van der Waals surface area contributed by atoms with E-state index in [1.54, 1.807) is 12.4 Å². The summed E-state index contributed by atoms with van der Waals surface area (Å²) in [5.74, 6) is 0.531. The summed E-state index contributed by atoms with van der Waals surface area (Å²) in [7, 11) is 0. The zero-order chi connectivity index (χ0) is 9.97. The summed E-state index contributed by atoms with van der Waals surface area (Å²) in [5, 5.41) is 0. The topological polar surface area (TPSA) is 116 Å². The highest BCUT2D eigenvalue weighted by atomic mass is 15.1. The van der Waals surface area contributed by atoms with Gasteiger partial charge in [-0.1, -0.05) is 0 Å². The molecule has 2 aromatic heterocycles. The predicted octanol–water partition coefficient (Wildman–Crippen LogP) is -0.507. The van der Waals surface area contributed by atoms with Gasteiger partial charge in [0.05, 0.1) is 5.56 Å². The van der Waals surface area contributed by atoms with Gasteiger partial charge in [-0.25, -0.2) is 9.97 Å². The molecule has 0 aliphatic heterocycles. The van der Waals surface area contributed by atoms with Crippen LogP contribution < -0.4 is 11.5 Å². The Bertz CT molecular complexity index is 421. The number of nitrogens with zero attached hydrogens (tertiary/aromatic N) is 5. The average Bonchev–Trinajstić information content (AvgIpc) is 2.18. The van der Waals surface area contributed by atoms with Gasteiger partial charge in [-0.2, -0.15) is 15.0 Å². The van der Waals surface area contributed by atoms with E-state index in [9.17, 15) is 0 Å². The highest BCUT2D eigenvalue weighted by molar-refractivity contribution is 5.54. The number of hydrogen-bond donors (Lipinski definition) is 2. The van der Waals surface area contributed by atoms with Gasteiger partial charge in [-0.15, -0.1) is 0 Å². The number of aromatic nitrogens is 5. The minimum absolute atomic E-state index is 0.0800. The molecule has 70 valence electrons. The van der Waals surface area contributed by atoms with E-state index in [-0.39, 0.29) is 11.9 Å². The van der Waals surface area contributed by atoms with E-state index in [1.807, 2.05) is 0 Å². The van der Waals surface area contributed by atoms with E-state index in [1.165, 1.54) is 6.33 Å². The predicted molar refractivity (Wildman–Crippen MR) is 49.7 cm³/mol. The Balaban J connectivity index is 2.52. The van der Waals surface area contributed by atoms with Gasteiger partial charge < -0.3 is 11.5 Å². The molecule has 7 nitrogen and oxygen atoms in total. The molecule has 2 rings (SSSR count). The number of hydrogen-bond acceptors (Lipinski definition) is 7. The van der Waals surface area contributed by atoms with Crippen molar-refractivity contribution in [3.63, 3.8) is 0 Å². The minimum Gasteiger partial charge on any atom is -0.368 e. The van der Waals surface area contributed by atoms with Crippen molar-refractivity contribution in [3.8, 4) is 11.4 Å². The molecule has 0 bridgehead atoms. The van der Waals surface area contributed by atoms with Crippen LogP contribution in [0.25, 0.3) is 11.4 Å². The minimum atomic E-state index is 0.0800. The van der Waals surface area contributed by atoms with Gasteiger partial charge in [-0.3, -0.25) is 0 Å². The molecule has 4 N–H and O–H groups in total. The maximum absolute atomic E-state index is 5.41. The van der Waals surface area contributed by atoms with Crippen molar-refractivity contribution in [2.24, 2.45) is 0 Å². The molecule has 0 aromatic carbocycles. The fraction of sp³-hybridized carbons (Fsp3) is 0. The molecule has 2 heterocycles. The monoisotopic (exact) mass is 189 g/mol. The largest absolute Gasteiger partial charge is 0.368 e. The molecule has 0 atom stereocenters. The Labute approximate surface area is 79.3 Å². The second kappa shape index (κ2) is 3.21. The Hall–Kier alpha value is -2.31. The zero-order valence-electron chi connectivity index (χ0n) is 7.12. The maximum atomic E-state index is 5.41. The van der Waals surface area contributed by atoms with Crippen LogP contribution in [-0.4, -0.2) is 24.9 Å². The molecule has 0 radical (unpaired) electrons.